The number of aromatic nitrogens is 2. The minimum absolute atomic E-state index is 0.0432. The van der Waals surface area contributed by atoms with Crippen LogP contribution in [0.3, 0.4) is 0 Å². The summed E-state index contributed by atoms with van der Waals surface area (Å²) in [6.07, 6.45) is 3.33. The van der Waals surface area contributed by atoms with Crippen molar-refractivity contribution in [3.05, 3.63) is 84.4 Å². The monoisotopic (exact) mass is 425 g/mol. The lowest BCUT2D eigenvalue weighted by atomic mass is 9.82. The van der Waals surface area contributed by atoms with Gasteiger partial charge in [0.1, 0.15) is 11.4 Å². The number of ether oxygens (including phenoxy) is 1. The summed E-state index contributed by atoms with van der Waals surface area (Å²) in [5, 5.41) is 0. The van der Waals surface area contributed by atoms with Crippen LogP contribution in [0.15, 0.2) is 78.0 Å². The van der Waals surface area contributed by atoms with Crippen molar-refractivity contribution in [3.63, 3.8) is 0 Å². The molecule has 1 aliphatic heterocycles. The van der Waals surface area contributed by atoms with Gasteiger partial charge < -0.3 is 15.0 Å². The molecule has 156 valence electrons. The molecule has 0 spiro atoms. The van der Waals surface area contributed by atoms with Crippen LogP contribution < -0.4 is 5.73 Å². The largest absolute Gasteiger partial charge is 0.368 e. The fourth-order valence-electron chi connectivity index (χ4n) is 4.27. The van der Waals surface area contributed by atoms with E-state index in [0.717, 1.165) is 0 Å². The third kappa shape index (κ3) is 2.95. The van der Waals surface area contributed by atoms with Crippen molar-refractivity contribution < 1.29 is 17.9 Å². The van der Waals surface area contributed by atoms with Crippen LogP contribution in [0.5, 0.6) is 0 Å². The van der Waals surface area contributed by atoms with Gasteiger partial charge in [-0.1, -0.05) is 48.5 Å². The van der Waals surface area contributed by atoms with Crippen molar-refractivity contribution in [2.45, 2.75) is 35.1 Å². The topological polar surface area (TPSA) is 104 Å². The minimum Gasteiger partial charge on any atom is -0.368 e. The number of primary amides is 1. The Morgan fingerprint density at radius 1 is 1.10 bits per heavy atom. The maximum atomic E-state index is 14.0. The summed E-state index contributed by atoms with van der Waals surface area (Å²) in [5.74, 6) is -0.0368. The van der Waals surface area contributed by atoms with Crippen molar-refractivity contribution in [2.75, 3.05) is 6.61 Å². The average Bonchev–Trinajstić information content (AvgIpc) is 3.21. The number of imidazole rings is 1. The molecular formula is C22H23N3O4S. The number of amides is 1. The molecule has 8 heteroatoms. The third-order valence-corrected chi connectivity index (χ3v) is 8.08. The lowest BCUT2D eigenvalue weighted by Gasteiger charge is -2.46. The number of sulfone groups is 1. The molecule has 0 radical (unpaired) electrons. The standard InChI is InChI=1S/C22H23N3O4S/c1-17-24-13-14-25(17)21(20(23)26)12-15-29-22(16-21,18-8-4-2-5-9-18)30(27,28)19-10-6-3-7-11-19/h2-11,13-14H,12,15-16H2,1H3,(H2,23,26). The van der Waals surface area contributed by atoms with E-state index in [0.29, 0.717) is 11.4 Å². The SMILES string of the molecule is Cc1nccn1C1(C(N)=O)CCOC(c2ccccc2)(S(=O)(=O)c2ccccc2)C1. The molecular weight excluding hydrogens is 402 g/mol. The van der Waals surface area contributed by atoms with E-state index in [-0.39, 0.29) is 24.3 Å². The second-order valence-electron chi connectivity index (χ2n) is 7.45. The zero-order valence-corrected chi connectivity index (χ0v) is 17.4. The fourth-order valence-corrected chi connectivity index (χ4v) is 6.28. The van der Waals surface area contributed by atoms with E-state index < -0.39 is 26.2 Å². The fraction of sp³-hybridized carbons (Fsp3) is 0.273. The summed E-state index contributed by atoms with van der Waals surface area (Å²) in [6.45, 7) is 1.80. The average molecular weight is 426 g/mol. The Balaban J connectivity index is 1.98. The lowest BCUT2D eigenvalue weighted by molar-refractivity contribution is -0.139. The number of carbonyl (C=O) groups is 1. The summed E-state index contributed by atoms with van der Waals surface area (Å²) in [5.41, 5.74) is 5.07. The molecule has 7 nitrogen and oxygen atoms in total. The Morgan fingerprint density at radius 3 is 2.30 bits per heavy atom. The highest BCUT2D eigenvalue weighted by molar-refractivity contribution is 7.92. The third-order valence-electron chi connectivity index (χ3n) is 5.82. The summed E-state index contributed by atoms with van der Waals surface area (Å²) < 4.78 is 35.7. The first-order valence-corrected chi connectivity index (χ1v) is 11.1. The second kappa shape index (κ2) is 7.37. The van der Waals surface area contributed by atoms with Gasteiger partial charge in [0.25, 0.3) is 0 Å². The number of nitrogens with zero attached hydrogens (tertiary/aromatic N) is 2. The number of carbonyl (C=O) groups excluding carboxylic acids is 1. The van der Waals surface area contributed by atoms with E-state index in [4.69, 9.17) is 10.5 Å². The molecule has 0 saturated carbocycles. The molecule has 0 aliphatic carbocycles. The Bertz CT molecular complexity index is 1160. The molecule has 2 aromatic carbocycles. The van der Waals surface area contributed by atoms with Crippen LogP contribution in [0.4, 0.5) is 0 Å². The predicted molar refractivity (Wildman–Crippen MR) is 111 cm³/mol. The van der Waals surface area contributed by atoms with Crippen LogP contribution in [0, 0.1) is 6.92 Å². The lowest BCUT2D eigenvalue weighted by Crippen LogP contribution is -2.58. The van der Waals surface area contributed by atoms with Crippen molar-refractivity contribution in [1.29, 1.82) is 0 Å². The maximum Gasteiger partial charge on any atom is 0.243 e. The first kappa shape index (κ1) is 20.3. The van der Waals surface area contributed by atoms with Gasteiger partial charge in [-0.25, -0.2) is 13.4 Å². The van der Waals surface area contributed by atoms with Crippen LogP contribution in [0.1, 0.15) is 24.2 Å². The molecule has 1 saturated heterocycles. The summed E-state index contributed by atoms with van der Waals surface area (Å²) in [4.78, 5) is 15.4. The summed E-state index contributed by atoms with van der Waals surface area (Å²) in [6, 6.07) is 16.9. The Hall–Kier alpha value is -2.97. The highest BCUT2D eigenvalue weighted by Gasteiger charge is 2.58. The Kier molecular flexibility index (Phi) is 4.99. The van der Waals surface area contributed by atoms with Crippen LogP contribution in [0.2, 0.25) is 0 Å². The molecule has 30 heavy (non-hydrogen) atoms. The van der Waals surface area contributed by atoms with Gasteiger partial charge in [0, 0.05) is 25.2 Å². The molecule has 2 N–H and O–H groups in total. The van der Waals surface area contributed by atoms with E-state index in [1.165, 1.54) is 12.1 Å². The van der Waals surface area contributed by atoms with E-state index in [1.807, 2.05) is 0 Å². The molecule has 1 amide bonds. The first-order valence-electron chi connectivity index (χ1n) is 9.63. The van der Waals surface area contributed by atoms with Crippen molar-refractivity contribution >= 4 is 15.7 Å². The molecule has 1 aliphatic rings. The molecule has 2 unspecified atom stereocenters. The summed E-state index contributed by atoms with van der Waals surface area (Å²) >= 11 is 0. The number of aryl methyl sites for hydroxylation is 1. The number of benzene rings is 2. The molecule has 0 bridgehead atoms. The van der Waals surface area contributed by atoms with Crippen LogP contribution in [0.25, 0.3) is 0 Å². The van der Waals surface area contributed by atoms with Gasteiger partial charge >= 0.3 is 0 Å². The van der Waals surface area contributed by atoms with Gasteiger partial charge in [0.15, 0.2) is 0 Å². The highest BCUT2D eigenvalue weighted by atomic mass is 32.2. The highest BCUT2D eigenvalue weighted by Crippen LogP contribution is 2.49. The number of hydrogen-bond acceptors (Lipinski definition) is 5. The molecule has 3 aromatic rings. The Labute approximate surface area is 175 Å². The minimum atomic E-state index is -4.05. The van der Waals surface area contributed by atoms with Gasteiger partial charge in [0.05, 0.1) is 11.5 Å². The van der Waals surface area contributed by atoms with E-state index in [2.05, 4.69) is 4.98 Å². The van der Waals surface area contributed by atoms with Gasteiger partial charge in [-0.05, 0) is 24.6 Å². The number of hydrogen-bond donors (Lipinski definition) is 1. The maximum absolute atomic E-state index is 14.0. The molecule has 4 rings (SSSR count). The molecule has 2 heterocycles. The van der Waals surface area contributed by atoms with Crippen LogP contribution in [-0.2, 0) is 29.8 Å². The molecule has 1 fully saturated rings. The predicted octanol–water partition coefficient (Wildman–Crippen LogP) is 2.51. The van der Waals surface area contributed by atoms with Crippen molar-refractivity contribution in [2.24, 2.45) is 5.73 Å². The van der Waals surface area contributed by atoms with Crippen LogP contribution >= 0.6 is 0 Å². The first-order chi connectivity index (χ1) is 14.3. The quantitative estimate of drug-likeness (QED) is 0.676. The van der Waals surface area contributed by atoms with Gasteiger partial charge in [-0.2, -0.15) is 0 Å². The smallest absolute Gasteiger partial charge is 0.243 e. The number of nitrogens with two attached hydrogens (primary N) is 1. The van der Waals surface area contributed by atoms with E-state index in [1.54, 1.807) is 72.4 Å². The normalized spacial score (nSPS) is 24.4. The Morgan fingerprint density at radius 2 is 1.73 bits per heavy atom. The van der Waals surface area contributed by atoms with E-state index >= 15 is 0 Å². The summed E-state index contributed by atoms with van der Waals surface area (Å²) in [7, 11) is -4.05. The van der Waals surface area contributed by atoms with Gasteiger partial charge in [0.2, 0.25) is 20.7 Å². The zero-order chi connectivity index (χ0) is 21.4. The van der Waals surface area contributed by atoms with Crippen LogP contribution in [-0.4, -0.2) is 30.5 Å². The van der Waals surface area contributed by atoms with E-state index in [9.17, 15) is 13.2 Å². The zero-order valence-electron chi connectivity index (χ0n) is 16.6. The molecule has 1 aromatic heterocycles. The van der Waals surface area contributed by atoms with Gasteiger partial charge in [-0.15, -0.1) is 0 Å². The second-order valence-corrected chi connectivity index (χ2v) is 9.59. The molecule has 2 atom stereocenters. The number of rotatable bonds is 5. The van der Waals surface area contributed by atoms with Crippen molar-refractivity contribution in [1.82, 2.24) is 9.55 Å². The van der Waals surface area contributed by atoms with Crippen molar-refractivity contribution in [3.8, 4) is 0 Å². The van der Waals surface area contributed by atoms with Gasteiger partial charge in [-0.3, -0.25) is 4.79 Å².